The number of hydrogen-bond acceptors (Lipinski definition) is 3. The lowest BCUT2D eigenvalue weighted by atomic mass is 10.1. The van der Waals surface area contributed by atoms with Crippen LogP contribution in [0.1, 0.15) is 29.8 Å². The Labute approximate surface area is 127 Å². The van der Waals surface area contributed by atoms with Crippen molar-refractivity contribution in [3.8, 4) is 0 Å². The number of aromatic nitrogens is 1. The SMILES string of the molecule is CC.CN(c1cccc(C(F)(F)F)c1)c1ncccc1C=O. The van der Waals surface area contributed by atoms with Gasteiger partial charge >= 0.3 is 6.18 Å². The lowest BCUT2D eigenvalue weighted by Crippen LogP contribution is -2.14. The molecule has 0 aliphatic rings. The summed E-state index contributed by atoms with van der Waals surface area (Å²) >= 11 is 0. The summed E-state index contributed by atoms with van der Waals surface area (Å²) in [6.07, 6.45) is -2.31. The molecule has 1 aromatic heterocycles. The highest BCUT2D eigenvalue weighted by atomic mass is 19.4. The van der Waals surface area contributed by atoms with Crippen molar-refractivity contribution < 1.29 is 18.0 Å². The van der Waals surface area contributed by atoms with Crippen LogP contribution in [0.5, 0.6) is 0 Å². The number of halogens is 3. The first-order chi connectivity index (χ1) is 10.4. The molecule has 0 bridgehead atoms. The van der Waals surface area contributed by atoms with Gasteiger partial charge in [0.2, 0.25) is 0 Å². The Balaban J connectivity index is 0.00000116. The molecule has 118 valence electrons. The Kier molecular flexibility index (Phi) is 6.10. The summed E-state index contributed by atoms with van der Waals surface area (Å²) in [5.41, 5.74) is -0.125. The molecule has 0 aliphatic heterocycles. The number of alkyl halides is 3. The third kappa shape index (κ3) is 4.07. The minimum Gasteiger partial charge on any atom is -0.329 e. The topological polar surface area (TPSA) is 33.2 Å². The number of anilines is 2. The van der Waals surface area contributed by atoms with E-state index in [0.29, 0.717) is 23.4 Å². The highest BCUT2D eigenvalue weighted by molar-refractivity contribution is 5.84. The molecule has 2 aromatic rings. The molecule has 0 fully saturated rings. The van der Waals surface area contributed by atoms with Crippen LogP contribution in [-0.4, -0.2) is 18.3 Å². The van der Waals surface area contributed by atoms with Crippen molar-refractivity contribution >= 4 is 17.8 Å². The Morgan fingerprint density at radius 3 is 2.41 bits per heavy atom. The first-order valence-electron chi connectivity index (χ1n) is 6.74. The van der Waals surface area contributed by atoms with Crippen LogP contribution in [0.4, 0.5) is 24.7 Å². The van der Waals surface area contributed by atoms with E-state index in [1.165, 1.54) is 23.2 Å². The fourth-order valence-electron chi connectivity index (χ4n) is 1.79. The average molecular weight is 310 g/mol. The van der Waals surface area contributed by atoms with E-state index in [2.05, 4.69) is 4.98 Å². The van der Waals surface area contributed by atoms with E-state index in [-0.39, 0.29) is 0 Å². The molecule has 0 amide bonds. The van der Waals surface area contributed by atoms with Crippen molar-refractivity contribution in [2.45, 2.75) is 20.0 Å². The van der Waals surface area contributed by atoms with Crippen LogP contribution in [0.2, 0.25) is 0 Å². The first kappa shape index (κ1) is 17.7. The zero-order valence-electron chi connectivity index (χ0n) is 12.6. The molecule has 0 saturated carbocycles. The molecule has 0 unspecified atom stereocenters. The van der Waals surface area contributed by atoms with Crippen LogP contribution in [-0.2, 0) is 6.18 Å². The largest absolute Gasteiger partial charge is 0.416 e. The molecule has 0 atom stereocenters. The van der Waals surface area contributed by atoms with Gasteiger partial charge in [-0.1, -0.05) is 19.9 Å². The predicted molar refractivity (Wildman–Crippen MR) is 80.5 cm³/mol. The van der Waals surface area contributed by atoms with Crippen LogP contribution in [0.25, 0.3) is 0 Å². The van der Waals surface area contributed by atoms with E-state index in [9.17, 15) is 18.0 Å². The number of nitrogens with zero attached hydrogens (tertiary/aromatic N) is 2. The van der Waals surface area contributed by atoms with Gasteiger partial charge in [-0.05, 0) is 30.3 Å². The van der Waals surface area contributed by atoms with E-state index >= 15 is 0 Å². The summed E-state index contributed by atoms with van der Waals surface area (Å²) in [5.74, 6) is 0.307. The number of aldehydes is 1. The molecule has 2 rings (SSSR count). The third-order valence-corrected chi connectivity index (χ3v) is 2.82. The fraction of sp³-hybridized carbons (Fsp3) is 0.250. The van der Waals surface area contributed by atoms with Crippen LogP contribution >= 0.6 is 0 Å². The van der Waals surface area contributed by atoms with Gasteiger partial charge in [-0.2, -0.15) is 13.2 Å². The molecule has 1 aromatic carbocycles. The van der Waals surface area contributed by atoms with Crippen LogP contribution in [0.15, 0.2) is 42.6 Å². The van der Waals surface area contributed by atoms with Gasteiger partial charge in [0.25, 0.3) is 0 Å². The van der Waals surface area contributed by atoms with E-state index in [1.807, 2.05) is 13.8 Å². The van der Waals surface area contributed by atoms with Crippen LogP contribution in [0, 0.1) is 0 Å². The molecule has 0 saturated heterocycles. The Morgan fingerprint density at radius 1 is 1.14 bits per heavy atom. The molecule has 22 heavy (non-hydrogen) atoms. The fourth-order valence-corrected chi connectivity index (χ4v) is 1.79. The van der Waals surface area contributed by atoms with E-state index in [1.54, 1.807) is 19.2 Å². The summed E-state index contributed by atoms with van der Waals surface area (Å²) in [4.78, 5) is 16.4. The van der Waals surface area contributed by atoms with Crippen molar-refractivity contribution in [3.63, 3.8) is 0 Å². The number of carbonyl (C=O) groups excluding carboxylic acids is 1. The number of carbonyl (C=O) groups is 1. The molecule has 0 spiro atoms. The first-order valence-corrected chi connectivity index (χ1v) is 6.74. The number of pyridine rings is 1. The summed E-state index contributed by atoms with van der Waals surface area (Å²) in [6, 6.07) is 8.00. The van der Waals surface area contributed by atoms with Gasteiger partial charge < -0.3 is 4.90 Å². The van der Waals surface area contributed by atoms with Gasteiger partial charge in [-0.25, -0.2) is 4.98 Å². The van der Waals surface area contributed by atoms with Crippen LogP contribution in [0.3, 0.4) is 0 Å². The molecular weight excluding hydrogens is 293 g/mol. The van der Waals surface area contributed by atoms with Crippen molar-refractivity contribution in [3.05, 3.63) is 53.7 Å². The quantitative estimate of drug-likeness (QED) is 0.770. The predicted octanol–water partition coefficient (Wildman–Crippen LogP) is 4.71. The van der Waals surface area contributed by atoms with E-state index in [4.69, 9.17) is 0 Å². The van der Waals surface area contributed by atoms with Crippen LogP contribution < -0.4 is 4.90 Å². The summed E-state index contributed by atoms with van der Waals surface area (Å²) < 4.78 is 38.1. The zero-order chi connectivity index (χ0) is 16.8. The highest BCUT2D eigenvalue weighted by Gasteiger charge is 2.30. The maximum absolute atomic E-state index is 12.7. The van der Waals surface area contributed by atoms with Gasteiger partial charge in [0, 0.05) is 18.9 Å². The third-order valence-electron chi connectivity index (χ3n) is 2.82. The maximum atomic E-state index is 12.7. The Bertz CT molecular complexity index is 627. The second-order valence-corrected chi connectivity index (χ2v) is 4.14. The second-order valence-electron chi connectivity index (χ2n) is 4.14. The van der Waals surface area contributed by atoms with Gasteiger partial charge in [0.05, 0.1) is 11.1 Å². The monoisotopic (exact) mass is 310 g/mol. The van der Waals surface area contributed by atoms with Gasteiger partial charge in [0.15, 0.2) is 6.29 Å². The number of hydrogen-bond donors (Lipinski definition) is 0. The molecule has 1 heterocycles. The van der Waals surface area contributed by atoms with Gasteiger partial charge in [0.1, 0.15) is 5.82 Å². The summed E-state index contributed by atoms with van der Waals surface area (Å²) in [7, 11) is 1.56. The van der Waals surface area contributed by atoms with Crippen molar-refractivity contribution in [2.24, 2.45) is 0 Å². The minimum atomic E-state index is -4.41. The lowest BCUT2D eigenvalue weighted by molar-refractivity contribution is -0.137. The zero-order valence-corrected chi connectivity index (χ0v) is 12.6. The molecule has 6 heteroatoms. The summed E-state index contributed by atoms with van der Waals surface area (Å²) in [5, 5.41) is 0. The van der Waals surface area contributed by atoms with E-state index in [0.717, 1.165) is 12.1 Å². The maximum Gasteiger partial charge on any atom is 0.416 e. The summed E-state index contributed by atoms with van der Waals surface area (Å²) in [6.45, 7) is 4.00. The molecule has 0 N–H and O–H groups in total. The lowest BCUT2D eigenvalue weighted by Gasteiger charge is -2.20. The number of benzene rings is 1. The van der Waals surface area contributed by atoms with Crippen molar-refractivity contribution in [1.29, 1.82) is 0 Å². The average Bonchev–Trinajstić information content (AvgIpc) is 2.55. The second kappa shape index (κ2) is 7.59. The minimum absolute atomic E-state index is 0.307. The highest BCUT2D eigenvalue weighted by Crippen LogP contribution is 2.33. The van der Waals surface area contributed by atoms with Gasteiger partial charge in [-0.15, -0.1) is 0 Å². The molecule has 0 aliphatic carbocycles. The molecule has 0 radical (unpaired) electrons. The van der Waals surface area contributed by atoms with E-state index < -0.39 is 11.7 Å². The van der Waals surface area contributed by atoms with Crippen molar-refractivity contribution in [2.75, 3.05) is 11.9 Å². The Morgan fingerprint density at radius 2 is 1.82 bits per heavy atom. The number of rotatable bonds is 3. The Hall–Kier alpha value is -2.37. The standard InChI is InChI=1S/C14H11F3N2O.C2H6/c1-19(13-10(9-20)4-3-7-18-13)12-6-2-5-11(8-12)14(15,16)17;1-2/h2-9H,1H3;1-2H3. The molecular formula is C16H17F3N2O. The van der Waals surface area contributed by atoms with Crippen molar-refractivity contribution in [1.82, 2.24) is 4.98 Å². The normalized spacial score (nSPS) is 10.5. The van der Waals surface area contributed by atoms with Gasteiger partial charge in [-0.3, -0.25) is 4.79 Å². The smallest absolute Gasteiger partial charge is 0.329 e. The molecule has 3 nitrogen and oxygen atoms in total.